The van der Waals surface area contributed by atoms with E-state index in [1.54, 1.807) is 12.1 Å². The van der Waals surface area contributed by atoms with Gasteiger partial charge in [-0.15, -0.1) is 0 Å². The summed E-state index contributed by atoms with van der Waals surface area (Å²) in [6.07, 6.45) is 3.00. The number of ether oxygens (including phenoxy) is 1. The number of carbonyl (C=O) groups is 1. The second-order valence-corrected chi connectivity index (χ2v) is 3.83. The molecule has 0 aliphatic carbocycles. The van der Waals surface area contributed by atoms with E-state index in [-0.39, 0.29) is 12.4 Å². The van der Waals surface area contributed by atoms with Crippen LogP contribution in [-0.2, 0) is 0 Å². The number of likely N-dealkylation sites (N-methyl/N-ethyl adjacent to an activating group) is 1. The maximum atomic E-state index is 13.8. The molecule has 0 radical (unpaired) electrons. The number of benzene rings is 1. The lowest BCUT2D eigenvalue weighted by Crippen LogP contribution is -2.20. The number of primary amides is 1. The highest BCUT2D eigenvalue weighted by molar-refractivity contribution is 5.93. The van der Waals surface area contributed by atoms with E-state index < -0.39 is 23.1 Å². The molecule has 122 valence electrons. The first kappa shape index (κ1) is 19.6. The van der Waals surface area contributed by atoms with Gasteiger partial charge in [0.05, 0.1) is 6.54 Å². The van der Waals surface area contributed by atoms with Gasteiger partial charge < -0.3 is 10.5 Å². The SMILES string of the molecule is C=C/C=N\N(C)CCOc1ccc(F)c(C(N)=O)c1F.CC. The Balaban J connectivity index is 0.00000211. The Hall–Kier alpha value is -2.44. The molecule has 2 N–H and O–H groups in total. The highest BCUT2D eigenvalue weighted by Crippen LogP contribution is 2.22. The molecule has 7 heteroatoms. The number of carbonyl (C=O) groups excluding carboxylic acids is 1. The number of hydrazone groups is 1. The Labute approximate surface area is 129 Å². The van der Waals surface area contributed by atoms with E-state index in [1.807, 2.05) is 13.8 Å². The molecule has 0 aromatic heterocycles. The van der Waals surface area contributed by atoms with Crippen LogP contribution in [0.2, 0.25) is 0 Å². The van der Waals surface area contributed by atoms with Crippen LogP contribution < -0.4 is 10.5 Å². The van der Waals surface area contributed by atoms with Gasteiger partial charge in [0.15, 0.2) is 11.6 Å². The number of amides is 1. The standard InChI is InChI=1S/C13H15F2N3O2.C2H6/c1-3-6-17-18(2)7-8-20-10-5-4-9(14)11(12(10)15)13(16)19;1-2/h3-6H,1,7-8H2,2H3,(H2,16,19);1-2H3/b17-6-;. The Bertz CT molecular complexity index is 534. The van der Waals surface area contributed by atoms with E-state index >= 15 is 0 Å². The molecule has 1 amide bonds. The van der Waals surface area contributed by atoms with E-state index in [0.29, 0.717) is 6.54 Å². The summed E-state index contributed by atoms with van der Waals surface area (Å²) in [5.74, 6) is -3.54. The third-order valence-corrected chi connectivity index (χ3v) is 2.34. The van der Waals surface area contributed by atoms with Gasteiger partial charge >= 0.3 is 0 Å². The average molecular weight is 313 g/mol. The Morgan fingerprint density at radius 3 is 2.64 bits per heavy atom. The van der Waals surface area contributed by atoms with Crippen LogP contribution in [0.5, 0.6) is 5.75 Å². The number of nitrogens with zero attached hydrogens (tertiary/aromatic N) is 2. The minimum absolute atomic E-state index is 0.103. The van der Waals surface area contributed by atoms with Gasteiger partial charge in [-0.3, -0.25) is 9.80 Å². The van der Waals surface area contributed by atoms with Crippen LogP contribution in [0, 0.1) is 11.6 Å². The van der Waals surface area contributed by atoms with Gasteiger partial charge in [0.1, 0.15) is 18.0 Å². The molecule has 0 fully saturated rings. The number of halogens is 2. The molecule has 0 spiro atoms. The van der Waals surface area contributed by atoms with Crippen molar-refractivity contribution in [1.82, 2.24) is 5.01 Å². The van der Waals surface area contributed by atoms with Gasteiger partial charge in [0, 0.05) is 13.3 Å². The zero-order valence-electron chi connectivity index (χ0n) is 13.0. The van der Waals surface area contributed by atoms with Crippen molar-refractivity contribution in [1.29, 1.82) is 0 Å². The highest BCUT2D eigenvalue weighted by atomic mass is 19.1. The summed E-state index contributed by atoms with van der Waals surface area (Å²) in [6, 6.07) is 2.03. The topological polar surface area (TPSA) is 67.9 Å². The van der Waals surface area contributed by atoms with Crippen molar-refractivity contribution < 1.29 is 18.3 Å². The van der Waals surface area contributed by atoms with Crippen LogP contribution in [0.15, 0.2) is 29.9 Å². The van der Waals surface area contributed by atoms with E-state index in [1.165, 1.54) is 12.3 Å². The fourth-order valence-corrected chi connectivity index (χ4v) is 1.38. The van der Waals surface area contributed by atoms with Crippen molar-refractivity contribution in [2.45, 2.75) is 13.8 Å². The summed E-state index contributed by atoms with van der Waals surface area (Å²) in [5.41, 5.74) is 4.10. The molecule has 0 unspecified atom stereocenters. The van der Waals surface area contributed by atoms with Gasteiger partial charge in [-0.1, -0.05) is 20.4 Å². The Morgan fingerprint density at radius 1 is 1.45 bits per heavy atom. The minimum Gasteiger partial charge on any atom is -0.489 e. The van der Waals surface area contributed by atoms with Crippen LogP contribution in [0.25, 0.3) is 0 Å². The van der Waals surface area contributed by atoms with Crippen molar-refractivity contribution >= 4 is 12.1 Å². The van der Waals surface area contributed by atoms with E-state index in [0.717, 1.165) is 12.1 Å². The largest absolute Gasteiger partial charge is 0.489 e. The zero-order valence-corrected chi connectivity index (χ0v) is 13.0. The Morgan fingerprint density at radius 2 is 2.09 bits per heavy atom. The third-order valence-electron chi connectivity index (χ3n) is 2.34. The summed E-state index contributed by atoms with van der Waals surface area (Å²) >= 11 is 0. The maximum Gasteiger partial charge on any atom is 0.254 e. The lowest BCUT2D eigenvalue weighted by Gasteiger charge is -2.14. The first-order valence-electron chi connectivity index (χ1n) is 6.74. The van der Waals surface area contributed by atoms with Gasteiger partial charge in [0.25, 0.3) is 5.91 Å². The molecule has 0 heterocycles. The second-order valence-electron chi connectivity index (χ2n) is 3.83. The summed E-state index contributed by atoms with van der Waals surface area (Å²) in [7, 11) is 1.69. The highest BCUT2D eigenvalue weighted by Gasteiger charge is 2.19. The first-order chi connectivity index (χ1) is 10.5. The van der Waals surface area contributed by atoms with Crippen molar-refractivity contribution in [3.05, 3.63) is 42.0 Å². The van der Waals surface area contributed by atoms with E-state index in [4.69, 9.17) is 10.5 Å². The number of hydrogen-bond acceptors (Lipinski definition) is 4. The number of nitrogens with two attached hydrogens (primary N) is 1. The van der Waals surface area contributed by atoms with Crippen LogP contribution in [-0.4, -0.2) is 37.3 Å². The van der Waals surface area contributed by atoms with Crippen LogP contribution in [0.3, 0.4) is 0 Å². The number of rotatable bonds is 7. The minimum atomic E-state index is -1.18. The van der Waals surface area contributed by atoms with Gasteiger partial charge in [-0.25, -0.2) is 8.78 Å². The second kappa shape index (κ2) is 10.3. The molecule has 0 saturated carbocycles. The average Bonchev–Trinajstić information content (AvgIpc) is 2.49. The van der Waals surface area contributed by atoms with Crippen LogP contribution in [0.1, 0.15) is 24.2 Å². The summed E-state index contributed by atoms with van der Waals surface area (Å²) in [6.45, 7) is 7.94. The van der Waals surface area contributed by atoms with E-state index in [9.17, 15) is 13.6 Å². The quantitative estimate of drug-likeness (QED) is 0.621. The summed E-state index contributed by atoms with van der Waals surface area (Å²) in [4.78, 5) is 10.9. The van der Waals surface area contributed by atoms with Crippen molar-refractivity contribution in [3.8, 4) is 5.75 Å². The van der Waals surface area contributed by atoms with E-state index in [2.05, 4.69) is 11.7 Å². The molecular formula is C15H21F2N3O2. The number of allylic oxidation sites excluding steroid dienone is 1. The van der Waals surface area contributed by atoms with Gasteiger partial charge in [-0.2, -0.15) is 5.10 Å². The maximum absolute atomic E-state index is 13.8. The smallest absolute Gasteiger partial charge is 0.254 e. The summed E-state index contributed by atoms with van der Waals surface area (Å²) < 4.78 is 32.2. The molecule has 0 saturated heterocycles. The molecule has 22 heavy (non-hydrogen) atoms. The van der Waals surface area contributed by atoms with Crippen molar-refractivity contribution in [3.63, 3.8) is 0 Å². The molecule has 1 aromatic carbocycles. The fourth-order valence-electron chi connectivity index (χ4n) is 1.38. The van der Waals surface area contributed by atoms with Crippen molar-refractivity contribution in [2.75, 3.05) is 20.2 Å². The van der Waals surface area contributed by atoms with Crippen LogP contribution in [0.4, 0.5) is 8.78 Å². The molecular weight excluding hydrogens is 292 g/mol. The monoisotopic (exact) mass is 313 g/mol. The molecule has 0 aliphatic rings. The predicted octanol–water partition coefficient (Wildman–Crippen LogP) is 2.57. The zero-order chi connectivity index (χ0) is 17.1. The van der Waals surface area contributed by atoms with Crippen molar-refractivity contribution in [2.24, 2.45) is 10.8 Å². The third kappa shape index (κ3) is 5.90. The van der Waals surface area contributed by atoms with Gasteiger partial charge in [0.2, 0.25) is 0 Å². The first-order valence-corrected chi connectivity index (χ1v) is 6.74. The molecule has 0 aliphatic heterocycles. The molecule has 0 atom stereocenters. The molecule has 1 aromatic rings. The number of hydrogen-bond donors (Lipinski definition) is 1. The summed E-state index contributed by atoms with van der Waals surface area (Å²) in [5, 5.41) is 5.49. The molecule has 5 nitrogen and oxygen atoms in total. The molecule has 1 rings (SSSR count). The van der Waals surface area contributed by atoms with Crippen LogP contribution >= 0.6 is 0 Å². The molecule has 0 bridgehead atoms. The Kier molecular flexibility index (Phi) is 9.17. The van der Waals surface area contributed by atoms with Gasteiger partial charge in [-0.05, 0) is 18.2 Å². The fraction of sp³-hybridized carbons (Fsp3) is 0.333. The predicted molar refractivity (Wildman–Crippen MR) is 83.0 cm³/mol. The lowest BCUT2D eigenvalue weighted by molar-refractivity contribution is 0.0991. The normalized spacial score (nSPS) is 9.86. The lowest BCUT2D eigenvalue weighted by atomic mass is 10.1.